The van der Waals surface area contributed by atoms with Crippen LogP contribution in [0, 0.1) is 5.41 Å². The van der Waals surface area contributed by atoms with Gasteiger partial charge < -0.3 is 19.5 Å². The summed E-state index contributed by atoms with van der Waals surface area (Å²) in [6.45, 7) is 5.34. The first-order valence-electron chi connectivity index (χ1n) is 8.64. The number of nitrogens with zero attached hydrogens (tertiary/aromatic N) is 3. The SMILES string of the molecule is COC(=O)C(CCCc1cn(C(=O)OC(C)(C)C)cn1)(CN(C)C)C(=O)O. The monoisotopic (exact) mass is 383 g/mol. The molecule has 27 heavy (non-hydrogen) atoms. The van der Waals surface area contributed by atoms with E-state index in [1.54, 1.807) is 46.0 Å². The van der Waals surface area contributed by atoms with Gasteiger partial charge in [-0.25, -0.2) is 14.3 Å². The zero-order valence-electron chi connectivity index (χ0n) is 16.8. The number of ether oxygens (including phenoxy) is 2. The first kappa shape index (κ1) is 22.6. The highest BCUT2D eigenvalue weighted by atomic mass is 16.6. The molecule has 1 heterocycles. The highest BCUT2D eigenvalue weighted by Crippen LogP contribution is 2.28. The summed E-state index contributed by atoms with van der Waals surface area (Å²) >= 11 is 0. The molecule has 0 aromatic carbocycles. The fourth-order valence-electron chi connectivity index (χ4n) is 2.72. The van der Waals surface area contributed by atoms with Crippen molar-refractivity contribution < 1.29 is 29.0 Å². The number of aliphatic carboxylic acids is 1. The van der Waals surface area contributed by atoms with Gasteiger partial charge in [0, 0.05) is 12.7 Å². The lowest BCUT2D eigenvalue weighted by molar-refractivity contribution is -0.168. The van der Waals surface area contributed by atoms with Crippen LogP contribution < -0.4 is 0 Å². The van der Waals surface area contributed by atoms with Gasteiger partial charge in [0.15, 0.2) is 5.41 Å². The second-order valence-electron chi connectivity index (χ2n) is 7.72. The summed E-state index contributed by atoms with van der Waals surface area (Å²) in [6, 6.07) is 0. The Hall–Kier alpha value is -2.42. The molecule has 1 rings (SSSR count). The van der Waals surface area contributed by atoms with Gasteiger partial charge in [0.2, 0.25) is 0 Å². The molecular weight excluding hydrogens is 354 g/mol. The van der Waals surface area contributed by atoms with Crippen molar-refractivity contribution in [1.82, 2.24) is 14.5 Å². The Morgan fingerprint density at radius 3 is 2.37 bits per heavy atom. The van der Waals surface area contributed by atoms with E-state index in [0.717, 1.165) is 0 Å². The number of imidazole rings is 1. The topological polar surface area (TPSA) is 111 Å². The third-order valence-electron chi connectivity index (χ3n) is 3.85. The predicted molar refractivity (Wildman–Crippen MR) is 97.4 cm³/mol. The van der Waals surface area contributed by atoms with Gasteiger partial charge in [0.25, 0.3) is 0 Å². The Balaban J connectivity index is 2.80. The van der Waals surface area contributed by atoms with Crippen LogP contribution in [-0.4, -0.2) is 70.9 Å². The van der Waals surface area contributed by atoms with E-state index in [4.69, 9.17) is 9.47 Å². The molecule has 0 saturated carbocycles. The summed E-state index contributed by atoms with van der Waals surface area (Å²) < 4.78 is 11.2. The van der Waals surface area contributed by atoms with E-state index in [0.29, 0.717) is 18.5 Å². The van der Waals surface area contributed by atoms with Crippen molar-refractivity contribution in [3.63, 3.8) is 0 Å². The van der Waals surface area contributed by atoms with Crippen LogP contribution in [-0.2, 0) is 25.5 Å². The van der Waals surface area contributed by atoms with E-state index in [1.807, 2.05) is 0 Å². The van der Waals surface area contributed by atoms with Gasteiger partial charge in [0.05, 0.1) is 12.8 Å². The number of rotatable bonds is 8. The van der Waals surface area contributed by atoms with Crippen molar-refractivity contribution >= 4 is 18.0 Å². The van der Waals surface area contributed by atoms with E-state index in [2.05, 4.69) is 4.98 Å². The van der Waals surface area contributed by atoms with E-state index >= 15 is 0 Å². The fourth-order valence-corrected chi connectivity index (χ4v) is 2.72. The van der Waals surface area contributed by atoms with Crippen molar-refractivity contribution in [2.45, 2.75) is 45.6 Å². The van der Waals surface area contributed by atoms with Crippen LogP contribution in [0.1, 0.15) is 39.3 Å². The van der Waals surface area contributed by atoms with Gasteiger partial charge in [-0.05, 0) is 54.1 Å². The van der Waals surface area contributed by atoms with Crippen LogP contribution in [0.15, 0.2) is 12.5 Å². The largest absolute Gasteiger partial charge is 0.480 e. The molecule has 1 unspecified atom stereocenters. The highest BCUT2D eigenvalue weighted by molar-refractivity contribution is 5.99. The van der Waals surface area contributed by atoms with Gasteiger partial charge in [-0.15, -0.1) is 0 Å². The van der Waals surface area contributed by atoms with Gasteiger partial charge in [0.1, 0.15) is 11.9 Å². The lowest BCUT2D eigenvalue weighted by atomic mass is 9.82. The second-order valence-corrected chi connectivity index (χ2v) is 7.72. The number of methoxy groups -OCH3 is 1. The normalized spacial score (nSPS) is 13.9. The highest BCUT2D eigenvalue weighted by Gasteiger charge is 2.47. The van der Waals surface area contributed by atoms with Gasteiger partial charge in [-0.3, -0.25) is 9.59 Å². The lowest BCUT2D eigenvalue weighted by Gasteiger charge is -2.29. The minimum atomic E-state index is -1.65. The lowest BCUT2D eigenvalue weighted by Crippen LogP contribution is -2.47. The number of carbonyl (C=O) groups is 3. The molecule has 0 aliphatic heterocycles. The van der Waals surface area contributed by atoms with Gasteiger partial charge in [-0.1, -0.05) is 0 Å². The summed E-state index contributed by atoms with van der Waals surface area (Å²) in [5.41, 5.74) is -1.66. The van der Waals surface area contributed by atoms with Crippen LogP contribution in [0.2, 0.25) is 0 Å². The summed E-state index contributed by atoms with van der Waals surface area (Å²) in [7, 11) is 4.57. The number of carboxylic acid groups (broad SMARTS) is 1. The molecule has 0 fully saturated rings. The van der Waals surface area contributed by atoms with Crippen LogP contribution in [0.4, 0.5) is 4.79 Å². The Labute approximate surface area is 159 Å². The molecule has 0 radical (unpaired) electrons. The Kier molecular flexibility index (Phi) is 7.53. The average Bonchev–Trinajstić information content (AvgIpc) is 2.99. The molecule has 0 aliphatic rings. The standard InChI is InChI=1S/C18H29N3O6/c1-17(2,3)27-16(25)21-10-13(19-12-21)8-7-9-18(14(22)23,11-20(4)5)15(24)26-6/h10,12H,7-9,11H2,1-6H3,(H,22,23). The summed E-state index contributed by atoms with van der Waals surface area (Å²) in [5.74, 6) is -2.00. The predicted octanol–water partition coefficient (Wildman–Crippen LogP) is 1.79. The zero-order chi connectivity index (χ0) is 20.8. The molecule has 0 saturated heterocycles. The minimum Gasteiger partial charge on any atom is -0.480 e. The molecule has 1 atom stereocenters. The molecule has 0 amide bonds. The van der Waals surface area contributed by atoms with Crippen LogP contribution in [0.3, 0.4) is 0 Å². The Bertz CT molecular complexity index is 677. The van der Waals surface area contributed by atoms with Crippen molar-refractivity contribution in [3.8, 4) is 0 Å². The van der Waals surface area contributed by atoms with E-state index in [1.165, 1.54) is 18.0 Å². The fraction of sp³-hybridized carbons (Fsp3) is 0.667. The summed E-state index contributed by atoms with van der Waals surface area (Å²) in [6.07, 6.45) is 3.25. The maximum absolute atomic E-state index is 12.2. The van der Waals surface area contributed by atoms with Crippen LogP contribution in [0.5, 0.6) is 0 Å². The molecule has 1 aromatic heterocycles. The number of hydrogen-bond donors (Lipinski definition) is 1. The molecule has 0 spiro atoms. The molecule has 152 valence electrons. The van der Waals surface area contributed by atoms with Crippen molar-refractivity contribution in [1.29, 1.82) is 0 Å². The Morgan fingerprint density at radius 2 is 1.89 bits per heavy atom. The maximum atomic E-state index is 12.2. The zero-order valence-corrected chi connectivity index (χ0v) is 16.8. The van der Waals surface area contributed by atoms with Gasteiger partial charge in [-0.2, -0.15) is 0 Å². The smallest absolute Gasteiger partial charge is 0.419 e. The number of carbonyl (C=O) groups excluding carboxylic acids is 2. The number of aromatic nitrogens is 2. The third kappa shape index (κ3) is 6.35. The van der Waals surface area contributed by atoms with Crippen LogP contribution in [0.25, 0.3) is 0 Å². The number of carboxylic acids is 1. The molecule has 0 aliphatic carbocycles. The van der Waals surface area contributed by atoms with Crippen molar-refractivity contribution in [3.05, 3.63) is 18.2 Å². The summed E-state index contributed by atoms with van der Waals surface area (Å²) in [4.78, 5) is 41.8. The number of hydrogen-bond acceptors (Lipinski definition) is 7. The first-order valence-corrected chi connectivity index (χ1v) is 8.64. The Morgan fingerprint density at radius 1 is 1.26 bits per heavy atom. The number of esters is 1. The van der Waals surface area contributed by atoms with Crippen molar-refractivity contribution in [2.24, 2.45) is 5.41 Å². The van der Waals surface area contributed by atoms with E-state index in [-0.39, 0.29) is 13.0 Å². The van der Waals surface area contributed by atoms with E-state index < -0.39 is 29.0 Å². The van der Waals surface area contributed by atoms with E-state index in [9.17, 15) is 19.5 Å². The second kappa shape index (κ2) is 8.98. The molecule has 9 heteroatoms. The molecule has 0 bridgehead atoms. The molecule has 1 N–H and O–H groups in total. The third-order valence-corrected chi connectivity index (χ3v) is 3.85. The van der Waals surface area contributed by atoms with Gasteiger partial charge >= 0.3 is 18.0 Å². The number of aryl methyl sites for hydroxylation is 1. The maximum Gasteiger partial charge on any atom is 0.419 e. The molecule has 9 nitrogen and oxygen atoms in total. The average molecular weight is 383 g/mol. The quantitative estimate of drug-likeness (QED) is 0.534. The minimum absolute atomic E-state index is 0.0291. The van der Waals surface area contributed by atoms with Crippen molar-refractivity contribution in [2.75, 3.05) is 27.7 Å². The first-order chi connectivity index (χ1) is 12.4. The molecular formula is C18H29N3O6. The summed E-state index contributed by atoms with van der Waals surface area (Å²) in [5, 5.41) is 9.65. The molecule has 1 aromatic rings. The van der Waals surface area contributed by atoms with Crippen LogP contribution >= 0.6 is 0 Å².